The van der Waals surface area contributed by atoms with Crippen LogP contribution in [0.25, 0.3) is 10.2 Å². The highest BCUT2D eigenvalue weighted by Gasteiger charge is 2.33. The molecule has 3 heterocycles. The Morgan fingerprint density at radius 2 is 2.24 bits per heavy atom. The summed E-state index contributed by atoms with van der Waals surface area (Å²) in [6, 6.07) is 7.13. The highest BCUT2D eigenvalue weighted by molar-refractivity contribution is 7.22. The van der Waals surface area contributed by atoms with Crippen LogP contribution in [0.15, 0.2) is 18.2 Å². The molecule has 34 heavy (non-hydrogen) atoms. The molecule has 2 aromatic heterocycles. The summed E-state index contributed by atoms with van der Waals surface area (Å²) in [6.07, 6.45) is 0.312. The molecular formula is C23H24ClN5O4S. The van der Waals surface area contributed by atoms with Crippen LogP contribution >= 0.6 is 22.9 Å². The molecule has 1 saturated heterocycles. The molecule has 0 spiro atoms. The number of aryl methyl sites for hydroxylation is 1. The van der Waals surface area contributed by atoms with Crippen molar-refractivity contribution < 1.29 is 19.1 Å². The Bertz CT molecular complexity index is 1280. The quantitative estimate of drug-likeness (QED) is 0.494. The molecular weight excluding hydrogens is 478 g/mol. The molecule has 2 unspecified atom stereocenters. The highest BCUT2D eigenvalue weighted by atomic mass is 35.5. The van der Waals surface area contributed by atoms with Crippen LogP contribution in [0.5, 0.6) is 0 Å². The van der Waals surface area contributed by atoms with Gasteiger partial charge in [0.1, 0.15) is 17.3 Å². The fourth-order valence-electron chi connectivity index (χ4n) is 4.05. The lowest BCUT2D eigenvalue weighted by molar-refractivity contribution is 0.0528. The number of nitrogens with one attached hydrogen (secondary N) is 2. The summed E-state index contributed by atoms with van der Waals surface area (Å²) in [5, 5.41) is 13.4. The van der Waals surface area contributed by atoms with Crippen molar-refractivity contribution in [3.05, 3.63) is 45.7 Å². The number of aromatic amines is 1. The number of ether oxygens (including phenoxy) is 2. The van der Waals surface area contributed by atoms with Gasteiger partial charge in [0.25, 0.3) is 5.91 Å². The first-order valence-electron chi connectivity index (χ1n) is 10.8. The van der Waals surface area contributed by atoms with Crippen molar-refractivity contribution in [3.8, 4) is 6.07 Å². The van der Waals surface area contributed by atoms with Gasteiger partial charge in [0.15, 0.2) is 5.13 Å². The molecule has 1 amide bonds. The van der Waals surface area contributed by atoms with Crippen LogP contribution in [0, 0.1) is 18.3 Å². The van der Waals surface area contributed by atoms with Gasteiger partial charge in [-0.2, -0.15) is 5.26 Å². The number of piperidine rings is 1. The number of esters is 1. The number of carbonyl (C=O) groups is 2. The number of aromatic nitrogens is 2. The number of methoxy groups -OCH3 is 1. The van der Waals surface area contributed by atoms with E-state index in [1.54, 1.807) is 33.1 Å². The number of carbonyl (C=O) groups excluding carboxylic acids is 2. The number of H-pyrrole nitrogens is 1. The average Bonchev–Trinajstić information content (AvgIpc) is 3.40. The minimum Gasteiger partial charge on any atom is -0.462 e. The van der Waals surface area contributed by atoms with Gasteiger partial charge in [-0.1, -0.05) is 29.0 Å². The second-order valence-corrected chi connectivity index (χ2v) is 9.24. The summed E-state index contributed by atoms with van der Waals surface area (Å²) in [5.74, 6) is -0.762. The smallest absolute Gasteiger partial charge is 0.339 e. The van der Waals surface area contributed by atoms with Crippen LogP contribution in [0.2, 0.25) is 5.02 Å². The van der Waals surface area contributed by atoms with E-state index in [-0.39, 0.29) is 34.4 Å². The third kappa shape index (κ3) is 4.46. The van der Waals surface area contributed by atoms with Crippen molar-refractivity contribution in [2.75, 3.05) is 31.7 Å². The van der Waals surface area contributed by atoms with E-state index in [4.69, 9.17) is 26.1 Å². The fourth-order valence-corrected chi connectivity index (χ4v) is 5.34. The van der Waals surface area contributed by atoms with Crippen molar-refractivity contribution >= 4 is 50.2 Å². The molecule has 2 atom stereocenters. The second kappa shape index (κ2) is 10.0. The molecule has 2 N–H and O–H groups in total. The number of anilines is 1. The number of benzene rings is 1. The van der Waals surface area contributed by atoms with E-state index in [0.717, 1.165) is 15.3 Å². The largest absolute Gasteiger partial charge is 0.462 e. The Morgan fingerprint density at radius 3 is 2.94 bits per heavy atom. The maximum atomic E-state index is 12.9. The zero-order valence-electron chi connectivity index (χ0n) is 19.0. The number of rotatable bonds is 6. The van der Waals surface area contributed by atoms with Gasteiger partial charge in [0.05, 0.1) is 39.6 Å². The Balaban J connectivity index is 1.51. The molecule has 4 rings (SSSR count). The zero-order valence-corrected chi connectivity index (χ0v) is 20.5. The van der Waals surface area contributed by atoms with E-state index in [9.17, 15) is 14.9 Å². The second-order valence-electron chi connectivity index (χ2n) is 7.89. The van der Waals surface area contributed by atoms with E-state index < -0.39 is 5.91 Å². The van der Waals surface area contributed by atoms with E-state index >= 15 is 0 Å². The molecule has 9 nitrogen and oxygen atoms in total. The summed E-state index contributed by atoms with van der Waals surface area (Å²) >= 11 is 7.56. The number of halogens is 1. The lowest BCUT2D eigenvalue weighted by Gasteiger charge is -2.37. The zero-order chi connectivity index (χ0) is 24.4. The third-order valence-corrected chi connectivity index (χ3v) is 7.44. The van der Waals surface area contributed by atoms with E-state index in [1.165, 1.54) is 11.3 Å². The Kier molecular flexibility index (Phi) is 7.07. The van der Waals surface area contributed by atoms with Gasteiger partial charge in [0, 0.05) is 25.9 Å². The lowest BCUT2D eigenvalue weighted by atomic mass is 10.0. The molecule has 1 aliphatic rings. The number of fused-ring (bicyclic) bond motifs is 1. The normalized spacial score (nSPS) is 18.0. The molecule has 1 aliphatic heterocycles. The fraction of sp³-hybridized carbons (Fsp3) is 0.391. The molecule has 1 fully saturated rings. The van der Waals surface area contributed by atoms with E-state index in [1.807, 2.05) is 12.1 Å². The van der Waals surface area contributed by atoms with Gasteiger partial charge in [-0.05, 0) is 32.4 Å². The topological polar surface area (TPSA) is 120 Å². The first kappa shape index (κ1) is 24.0. The SMILES string of the molecule is CCOC(=O)c1cccc2nc(N3CCC(NC(=O)c4[nH]c(C)c(Cl)c4C#N)C(OC)C3)sc12. The Labute approximate surface area is 205 Å². The molecule has 0 saturated carbocycles. The standard InChI is InChI=1S/C23H24ClN5O4S/c1-4-33-22(31)13-6-5-7-16-20(13)34-23(28-16)29-9-8-15(17(11-29)32-3)27-21(30)19-14(10-25)18(24)12(2)26-19/h5-7,15,17,26H,4,8-9,11H2,1-3H3,(H,27,30). The molecule has 178 valence electrons. The minimum absolute atomic E-state index is 0.134. The van der Waals surface area contributed by atoms with Crippen LogP contribution in [0.4, 0.5) is 5.13 Å². The molecule has 3 aromatic rings. The predicted octanol–water partition coefficient (Wildman–Crippen LogP) is 3.66. The summed E-state index contributed by atoms with van der Waals surface area (Å²) < 4.78 is 11.6. The summed E-state index contributed by atoms with van der Waals surface area (Å²) in [6.45, 7) is 4.93. The maximum Gasteiger partial charge on any atom is 0.339 e. The van der Waals surface area contributed by atoms with Gasteiger partial charge in [0.2, 0.25) is 0 Å². The number of amides is 1. The molecule has 1 aromatic carbocycles. The Morgan fingerprint density at radius 1 is 1.44 bits per heavy atom. The van der Waals surface area contributed by atoms with Gasteiger partial charge in [-0.3, -0.25) is 4.79 Å². The number of thiazole rings is 1. The minimum atomic E-state index is -0.397. The van der Waals surface area contributed by atoms with Crippen LogP contribution < -0.4 is 10.2 Å². The molecule has 0 aliphatic carbocycles. The number of nitriles is 1. The Hall–Kier alpha value is -3.13. The van der Waals surface area contributed by atoms with Crippen LogP contribution in [0.3, 0.4) is 0 Å². The van der Waals surface area contributed by atoms with Gasteiger partial charge < -0.3 is 24.7 Å². The number of hydrogen-bond donors (Lipinski definition) is 2. The first-order chi connectivity index (χ1) is 16.4. The van der Waals surface area contributed by atoms with Gasteiger partial charge in [-0.15, -0.1) is 0 Å². The van der Waals surface area contributed by atoms with Crippen LogP contribution in [0.1, 0.15) is 45.4 Å². The average molecular weight is 502 g/mol. The van der Waals surface area contributed by atoms with Gasteiger partial charge in [-0.25, -0.2) is 9.78 Å². The molecule has 0 radical (unpaired) electrons. The summed E-state index contributed by atoms with van der Waals surface area (Å²) in [4.78, 5) is 34.9. The van der Waals surface area contributed by atoms with E-state index in [0.29, 0.717) is 37.4 Å². The van der Waals surface area contributed by atoms with Crippen LogP contribution in [-0.2, 0) is 9.47 Å². The van der Waals surface area contributed by atoms with Crippen molar-refractivity contribution in [1.29, 1.82) is 5.26 Å². The van der Waals surface area contributed by atoms with Crippen LogP contribution in [-0.4, -0.2) is 60.8 Å². The van der Waals surface area contributed by atoms with Gasteiger partial charge >= 0.3 is 5.97 Å². The number of hydrogen-bond acceptors (Lipinski definition) is 8. The van der Waals surface area contributed by atoms with Crippen molar-refractivity contribution in [2.24, 2.45) is 0 Å². The van der Waals surface area contributed by atoms with Crippen molar-refractivity contribution in [2.45, 2.75) is 32.4 Å². The van der Waals surface area contributed by atoms with E-state index in [2.05, 4.69) is 15.2 Å². The monoisotopic (exact) mass is 501 g/mol. The summed E-state index contributed by atoms with van der Waals surface area (Å²) in [5.41, 5.74) is 2.09. The maximum absolute atomic E-state index is 12.9. The van der Waals surface area contributed by atoms with Crippen molar-refractivity contribution in [3.63, 3.8) is 0 Å². The third-order valence-electron chi connectivity index (χ3n) is 5.80. The molecule has 11 heteroatoms. The first-order valence-corrected chi connectivity index (χ1v) is 12.0. The number of nitrogens with zero attached hydrogens (tertiary/aromatic N) is 3. The predicted molar refractivity (Wildman–Crippen MR) is 130 cm³/mol. The highest BCUT2D eigenvalue weighted by Crippen LogP contribution is 2.33. The molecule has 0 bridgehead atoms. The lowest BCUT2D eigenvalue weighted by Crippen LogP contribution is -2.55. The summed E-state index contributed by atoms with van der Waals surface area (Å²) in [7, 11) is 1.60. The van der Waals surface area contributed by atoms with Crippen molar-refractivity contribution in [1.82, 2.24) is 15.3 Å².